The smallest absolute Gasteiger partial charge is 0.0914 e. The molecule has 2 nitrogen and oxygen atoms in total. The SMILES string of the molecule is OC(CNCc1sccc1Br)c1ccc2ccccc2c1. The zero-order valence-electron chi connectivity index (χ0n) is 11.4. The summed E-state index contributed by atoms with van der Waals surface area (Å²) in [6, 6.07) is 16.4. The van der Waals surface area contributed by atoms with Crippen LogP contribution in [0.3, 0.4) is 0 Å². The van der Waals surface area contributed by atoms with Gasteiger partial charge in [0.05, 0.1) is 6.10 Å². The minimum absolute atomic E-state index is 0.492. The first-order chi connectivity index (χ1) is 10.2. The maximum atomic E-state index is 10.3. The first kappa shape index (κ1) is 14.7. The Bertz CT molecular complexity index is 740. The molecule has 0 radical (unpaired) electrons. The van der Waals surface area contributed by atoms with Gasteiger partial charge in [-0.15, -0.1) is 11.3 Å². The van der Waals surface area contributed by atoms with Crippen LogP contribution >= 0.6 is 27.3 Å². The van der Waals surface area contributed by atoms with Crippen LogP contribution in [0.2, 0.25) is 0 Å². The molecule has 2 aromatic carbocycles. The summed E-state index contributed by atoms with van der Waals surface area (Å²) in [5, 5.41) is 18.0. The van der Waals surface area contributed by atoms with Crippen molar-refractivity contribution in [2.75, 3.05) is 6.54 Å². The van der Waals surface area contributed by atoms with E-state index in [4.69, 9.17) is 0 Å². The van der Waals surface area contributed by atoms with Crippen LogP contribution in [0.25, 0.3) is 10.8 Å². The van der Waals surface area contributed by atoms with Crippen LogP contribution in [0.5, 0.6) is 0 Å². The number of halogens is 1. The van der Waals surface area contributed by atoms with Crippen LogP contribution < -0.4 is 5.32 Å². The van der Waals surface area contributed by atoms with Gasteiger partial charge in [-0.25, -0.2) is 0 Å². The van der Waals surface area contributed by atoms with Crippen LogP contribution in [0.4, 0.5) is 0 Å². The number of thiophene rings is 1. The first-order valence-electron chi connectivity index (χ1n) is 6.83. The lowest BCUT2D eigenvalue weighted by Crippen LogP contribution is -2.20. The predicted molar refractivity (Wildman–Crippen MR) is 92.6 cm³/mol. The van der Waals surface area contributed by atoms with E-state index in [0.717, 1.165) is 22.0 Å². The van der Waals surface area contributed by atoms with E-state index in [2.05, 4.69) is 50.9 Å². The molecule has 21 heavy (non-hydrogen) atoms. The van der Waals surface area contributed by atoms with Gasteiger partial charge in [-0.05, 0) is 49.8 Å². The number of nitrogens with one attached hydrogen (secondary N) is 1. The van der Waals surface area contributed by atoms with Crippen LogP contribution in [-0.4, -0.2) is 11.7 Å². The van der Waals surface area contributed by atoms with E-state index in [0.29, 0.717) is 6.54 Å². The molecular formula is C17H16BrNOS. The van der Waals surface area contributed by atoms with Gasteiger partial charge in [-0.3, -0.25) is 0 Å². The molecule has 0 aliphatic carbocycles. The Morgan fingerprint density at radius 1 is 1.10 bits per heavy atom. The second-order valence-corrected chi connectivity index (χ2v) is 6.80. The lowest BCUT2D eigenvalue weighted by atomic mass is 10.0. The molecule has 1 unspecified atom stereocenters. The molecule has 0 amide bonds. The van der Waals surface area contributed by atoms with Gasteiger partial charge >= 0.3 is 0 Å². The Morgan fingerprint density at radius 3 is 2.67 bits per heavy atom. The van der Waals surface area contributed by atoms with Crippen molar-refractivity contribution in [2.45, 2.75) is 12.6 Å². The molecule has 0 aliphatic heterocycles. The largest absolute Gasteiger partial charge is 0.387 e. The zero-order chi connectivity index (χ0) is 14.7. The van der Waals surface area contributed by atoms with E-state index in [1.54, 1.807) is 11.3 Å². The summed E-state index contributed by atoms with van der Waals surface area (Å²) in [6.45, 7) is 1.31. The average Bonchev–Trinajstić information content (AvgIpc) is 2.92. The van der Waals surface area contributed by atoms with Gasteiger partial charge in [0.15, 0.2) is 0 Å². The van der Waals surface area contributed by atoms with Crippen molar-refractivity contribution in [1.29, 1.82) is 0 Å². The summed E-state index contributed by atoms with van der Waals surface area (Å²) in [7, 11) is 0. The number of aliphatic hydroxyl groups is 1. The molecule has 1 atom stereocenters. The maximum absolute atomic E-state index is 10.3. The molecule has 2 N–H and O–H groups in total. The Morgan fingerprint density at radius 2 is 1.90 bits per heavy atom. The summed E-state index contributed by atoms with van der Waals surface area (Å²) in [4.78, 5) is 1.25. The highest BCUT2D eigenvalue weighted by molar-refractivity contribution is 9.10. The number of aliphatic hydroxyl groups excluding tert-OH is 1. The minimum atomic E-state index is -0.492. The van der Waals surface area contributed by atoms with Crippen molar-refractivity contribution in [3.63, 3.8) is 0 Å². The highest BCUT2D eigenvalue weighted by Gasteiger charge is 2.08. The van der Waals surface area contributed by atoms with E-state index in [1.807, 2.05) is 24.3 Å². The number of rotatable bonds is 5. The van der Waals surface area contributed by atoms with Gasteiger partial charge in [0.25, 0.3) is 0 Å². The molecule has 0 saturated heterocycles. The molecule has 3 aromatic rings. The Labute approximate surface area is 136 Å². The fraction of sp³-hybridized carbons (Fsp3) is 0.176. The number of hydrogen-bond donors (Lipinski definition) is 2. The number of fused-ring (bicyclic) bond motifs is 1. The zero-order valence-corrected chi connectivity index (χ0v) is 13.8. The molecular weight excluding hydrogens is 346 g/mol. The molecule has 108 valence electrons. The molecule has 1 aromatic heterocycles. The van der Waals surface area contributed by atoms with Gasteiger partial charge in [0, 0.05) is 22.4 Å². The summed E-state index contributed by atoms with van der Waals surface area (Å²) < 4.78 is 1.13. The Kier molecular flexibility index (Phi) is 4.70. The standard InChI is InChI=1S/C17H16BrNOS/c18-15-7-8-21-17(15)11-19-10-16(20)14-6-5-12-3-1-2-4-13(12)9-14/h1-9,16,19-20H,10-11H2. The quantitative estimate of drug-likeness (QED) is 0.701. The fourth-order valence-electron chi connectivity index (χ4n) is 2.31. The van der Waals surface area contributed by atoms with Gasteiger partial charge < -0.3 is 10.4 Å². The maximum Gasteiger partial charge on any atom is 0.0914 e. The van der Waals surface area contributed by atoms with E-state index >= 15 is 0 Å². The van der Waals surface area contributed by atoms with Crippen LogP contribution in [-0.2, 0) is 6.54 Å². The fourth-order valence-corrected chi connectivity index (χ4v) is 3.77. The van der Waals surface area contributed by atoms with Crippen molar-refractivity contribution in [2.24, 2.45) is 0 Å². The molecule has 0 aliphatic rings. The Hall–Kier alpha value is -1.20. The van der Waals surface area contributed by atoms with Crippen molar-refractivity contribution < 1.29 is 5.11 Å². The van der Waals surface area contributed by atoms with E-state index in [1.165, 1.54) is 10.3 Å². The highest BCUT2D eigenvalue weighted by Crippen LogP contribution is 2.23. The third-order valence-electron chi connectivity index (χ3n) is 3.47. The van der Waals surface area contributed by atoms with E-state index < -0.39 is 6.10 Å². The van der Waals surface area contributed by atoms with Crippen LogP contribution in [0.15, 0.2) is 58.4 Å². The molecule has 3 rings (SSSR count). The topological polar surface area (TPSA) is 32.3 Å². The summed E-state index contributed by atoms with van der Waals surface area (Å²) >= 11 is 5.22. The lowest BCUT2D eigenvalue weighted by Gasteiger charge is -2.13. The van der Waals surface area contributed by atoms with Crippen molar-refractivity contribution in [1.82, 2.24) is 5.32 Å². The molecule has 1 heterocycles. The molecule has 0 spiro atoms. The van der Waals surface area contributed by atoms with Crippen molar-refractivity contribution in [3.05, 3.63) is 68.8 Å². The summed E-state index contributed by atoms with van der Waals surface area (Å²) in [5.41, 5.74) is 0.950. The van der Waals surface area contributed by atoms with Gasteiger partial charge in [0.1, 0.15) is 0 Å². The summed E-state index contributed by atoms with van der Waals surface area (Å²) in [6.07, 6.45) is -0.492. The number of benzene rings is 2. The lowest BCUT2D eigenvalue weighted by molar-refractivity contribution is 0.174. The average molecular weight is 362 g/mol. The molecule has 0 fully saturated rings. The summed E-state index contributed by atoms with van der Waals surface area (Å²) in [5.74, 6) is 0. The minimum Gasteiger partial charge on any atom is -0.387 e. The number of hydrogen-bond acceptors (Lipinski definition) is 3. The van der Waals surface area contributed by atoms with E-state index in [9.17, 15) is 5.11 Å². The van der Waals surface area contributed by atoms with Gasteiger partial charge in [0.2, 0.25) is 0 Å². The second kappa shape index (κ2) is 6.71. The van der Waals surface area contributed by atoms with Crippen molar-refractivity contribution in [3.8, 4) is 0 Å². The molecule has 0 saturated carbocycles. The van der Waals surface area contributed by atoms with Gasteiger partial charge in [-0.2, -0.15) is 0 Å². The molecule has 4 heteroatoms. The van der Waals surface area contributed by atoms with Gasteiger partial charge in [-0.1, -0.05) is 36.4 Å². The second-order valence-electron chi connectivity index (χ2n) is 4.95. The van der Waals surface area contributed by atoms with E-state index in [-0.39, 0.29) is 0 Å². The monoisotopic (exact) mass is 361 g/mol. The predicted octanol–water partition coefficient (Wildman–Crippen LogP) is 4.49. The van der Waals surface area contributed by atoms with Crippen LogP contribution in [0, 0.1) is 0 Å². The Balaban J connectivity index is 1.63. The highest BCUT2D eigenvalue weighted by atomic mass is 79.9. The third-order valence-corrected chi connectivity index (χ3v) is 5.40. The van der Waals surface area contributed by atoms with Crippen LogP contribution in [0.1, 0.15) is 16.5 Å². The molecule has 0 bridgehead atoms. The first-order valence-corrected chi connectivity index (χ1v) is 8.50. The van der Waals surface area contributed by atoms with Crippen molar-refractivity contribution >= 4 is 38.0 Å². The normalized spacial score (nSPS) is 12.7. The third kappa shape index (κ3) is 3.52.